The molecule has 6 aromatic rings. The Morgan fingerprint density at radius 2 is 1.51 bits per heavy atom. The summed E-state index contributed by atoms with van der Waals surface area (Å²) >= 11 is 5.88. The molecular formula is C41H37ClN4O8S. The maximum atomic E-state index is 14.1. The third-order valence-electron chi connectivity index (χ3n) is 8.88. The van der Waals surface area contributed by atoms with Crippen LogP contribution in [0.5, 0.6) is 11.5 Å². The zero-order chi connectivity index (χ0) is 39.1. The molecule has 12 nitrogen and oxygen atoms in total. The predicted molar refractivity (Wildman–Crippen MR) is 210 cm³/mol. The van der Waals surface area contributed by atoms with E-state index in [-0.39, 0.29) is 17.0 Å². The van der Waals surface area contributed by atoms with Crippen molar-refractivity contribution in [1.82, 2.24) is 14.6 Å². The molecule has 6 rings (SSSR count). The van der Waals surface area contributed by atoms with E-state index in [9.17, 15) is 28.1 Å². The number of nitro groups is 1. The second-order valence-electron chi connectivity index (χ2n) is 12.7. The third kappa shape index (κ3) is 9.14. The molecule has 1 heterocycles. The predicted octanol–water partition coefficient (Wildman–Crippen LogP) is 7.56. The summed E-state index contributed by atoms with van der Waals surface area (Å²) in [5, 5.41) is 14.5. The molecule has 2 N–H and O–H groups in total. The molecular weight excluding hydrogens is 744 g/mol. The molecule has 5 aromatic carbocycles. The minimum atomic E-state index is -4.62. The summed E-state index contributed by atoms with van der Waals surface area (Å²) in [6.07, 6.45) is 2.44. The number of para-hydroxylation sites is 1. The average molecular weight is 781 g/mol. The van der Waals surface area contributed by atoms with Crippen LogP contribution in [0.1, 0.15) is 34.8 Å². The number of hydrogen-bond acceptors (Lipinski definition) is 8. The van der Waals surface area contributed by atoms with Crippen LogP contribution in [0.25, 0.3) is 22.0 Å². The maximum Gasteiger partial charge on any atom is 0.289 e. The van der Waals surface area contributed by atoms with Gasteiger partial charge in [0.1, 0.15) is 22.6 Å². The Hall–Kier alpha value is -6.18. The van der Waals surface area contributed by atoms with Gasteiger partial charge in [0.2, 0.25) is 0 Å². The van der Waals surface area contributed by atoms with E-state index < -0.39 is 43.4 Å². The fraction of sp³-hybridized carbons (Fsp3) is 0.171. The first-order valence-electron chi connectivity index (χ1n) is 17.3. The van der Waals surface area contributed by atoms with Gasteiger partial charge in [0.05, 0.1) is 29.1 Å². The van der Waals surface area contributed by atoms with E-state index >= 15 is 0 Å². The van der Waals surface area contributed by atoms with Crippen LogP contribution in [0.15, 0.2) is 126 Å². The first kappa shape index (κ1) is 38.5. The summed E-state index contributed by atoms with van der Waals surface area (Å²) in [4.78, 5) is 37.9. The van der Waals surface area contributed by atoms with Gasteiger partial charge in [0.25, 0.3) is 27.5 Å². The summed E-state index contributed by atoms with van der Waals surface area (Å²) in [5.41, 5.74) is 4.10. The van der Waals surface area contributed by atoms with Crippen molar-refractivity contribution in [3.63, 3.8) is 0 Å². The van der Waals surface area contributed by atoms with Crippen molar-refractivity contribution in [1.29, 1.82) is 0 Å². The number of nitro benzene ring substituents is 1. The number of aromatic nitrogens is 1. The molecule has 0 spiro atoms. The van der Waals surface area contributed by atoms with Crippen LogP contribution in [0, 0.1) is 10.1 Å². The highest BCUT2D eigenvalue weighted by molar-refractivity contribution is 7.90. The highest BCUT2D eigenvalue weighted by Crippen LogP contribution is 2.28. The summed E-state index contributed by atoms with van der Waals surface area (Å²) in [5.74, 6) is -0.259. The second kappa shape index (κ2) is 16.9. The zero-order valence-corrected chi connectivity index (χ0v) is 31.5. The van der Waals surface area contributed by atoms with Crippen molar-refractivity contribution in [2.75, 3.05) is 13.7 Å². The van der Waals surface area contributed by atoms with Crippen molar-refractivity contribution >= 4 is 50.0 Å². The number of methoxy groups -OCH3 is 1. The van der Waals surface area contributed by atoms with Gasteiger partial charge in [0, 0.05) is 36.1 Å². The fourth-order valence-electron chi connectivity index (χ4n) is 6.03. The molecule has 0 saturated heterocycles. The molecule has 0 bridgehead atoms. The quantitative estimate of drug-likeness (QED) is 0.0798. The van der Waals surface area contributed by atoms with Gasteiger partial charge in [-0.25, -0.2) is 13.1 Å². The van der Waals surface area contributed by atoms with Crippen molar-refractivity contribution in [2.24, 2.45) is 0 Å². The number of nitrogens with zero attached hydrogens (tertiary/aromatic N) is 2. The number of carbonyl (C=O) groups excluding carboxylic acids is 2. The molecule has 0 aliphatic heterocycles. The van der Waals surface area contributed by atoms with E-state index in [4.69, 9.17) is 21.1 Å². The Morgan fingerprint density at radius 1 is 0.873 bits per heavy atom. The number of hydrogen-bond donors (Lipinski definition) is 2. The van der Waals surface area contributed by atoms with Crippen LogP contribution in [0.3, 0.4) is 0 Å². The molecule has 0 saturated carbocycles. The first-order valence-corrected chi connectivity index (χ1v) is 19.2. The van der Waals surface area contributed by atoms with Crippen LogP contribution in [-0.2, 0) is 27.8 Å². The second-order valence-corrected chi connectivity index (χ2v) is 14.8. The Kier molecular flexibility index (Phi) is 11.8. The molecule has 55 heavy (non-hydrogen) atoms. The van der Waals surface area contributed by atoms with E-state index in [1.165, 1.54) is 0 Å². The summed E-state index contributed by atoms with van der Waals surface area (Å²) in [6.45, 7) is 2.94. The van der Waals surface area contributed by atoms with E-state index in [1.54, 1.807) is 49.7 Å². The van der Waals surface area contributed by atoms with Crippen molar-refractivity contribution < 1.29 is 32.4 Å². The fourth-order valence-corrected chi connectivity index (χ4v) is 7.25. The number of amides is 2. The lowest BCUT2D eigenvalue weighted by Crippen LogP contribution is -2.49. The van der Waals surface area contributed by atoms with Crippen LogP contribution in [0.2, 0.25) is 5.02 Å². The number of ether oxygens (including phenoxy) is 2. The molecule has 0 fully saturated rings. The number of sulfonamides is 1. The van der Waals surface area contributed by atoms with Gasteiger partial charge in [-0.1, -0.05) is 85.3 Å². The van der Waals surface area contributed by atoms with Gasteiger partial charge in [-0.15, -0.1) is 0 Å². The number of benzene rings is 5. The van der Waals surface area contributed by atoms with Crippen LogP contribution < -0.4 is 19.5 Å². The van der Waals surface area contributed by atoms with Gasteiger partial charge in [-0.3, -0.25) is 19.7 Å². The SMILES string of the molecule is CCCOc1ccc(C[C@H](NC(=O)c2cn(Cc3ccc(-c4ccc(OC)cc4)cc3)c3ccccc23)C(=O)NS(=O)(=O)c2ccc(Cl)c([N+](=O)[O-])c2)cc1. The monoisotopic (exact) mass is 780 g/mol. The lowest BCUT2D eigenvalue weighted by molar-refractivity contribution is -0.384. The van der Waals surface area contributed by atoms with Crippen LogP contribution >= 0.6 is 11.6 Å². The van der Waals surface area contributed by atoms with Crippen LogP contribution in [-0.4, -0.2) is 49.5 Å². The molecule has 0 aliphatic carbocycles. The smallest absolute Gasteiger partial charge is 0.289 e. The van der Waals surface area contributed by atoms with Crippen molar-refractivity contribution in [3.05, 3.63) is 153 Å². The standard InChI is InChI=1S/C41H37ClN4O8S/c1-3-22-54-32-16-10-27(11-17-32)23-37(41(48)44-55(51,52)33-20-21-36(42)39(24-33)46(49)50)43-40(47)35-26-45(38-7-5-4-6-34(35)38)25-28-8-12-29(13-9-28)30-14-18-31(53-2)19-15-30/h4-21,24,26,37H,3,22-23,25H2,1-2H3,(H,43,47)(H,44,48)/t37-/m0/s1. The Morgan fingerprint density at radius 3 is 2.16 bits per heavy atom. The molecule has 0 radical (unpaired) electrons. The lowest BCUT2D eigenvalue weighted by atomic mass is 10.0. The molecule has 0 unspecified atom stereocenters. The number of fused-ring (bicyclic) bond motifs is 1. The van der Waals surface area contributed by atoms with E-state index in [2.05, 4.69) is 5.32 Å². The van der Waals surface area contributed by atoms with Crippen molar-refractivity contribution in [2.45, 2.75) is 37.2 Å². The number of nitrogens with one attached hydrogen (secondary N) is 2. The molecule has 2 amide bonds. The zero-order valence-electron chi connectivity index (χ0n) is 29.9. The van der Waals surface area contributed by atoms with Crippen molar-refractivity contribution in [3.8, 4) is 22.6 Å². The summed E-state index contributed by atoms with van der Waals surface area (Å²) in [7, 11) is -3.00. The van der Waals surface area contributed by atoms with Gasteiger partial charge in [-0.2, -0.15) is 0 Å². The minimum Gasteiger partial charge on any atom is -0.497 e. The Bertz CT molecular complexity index is 2450. The molecule has 0 aliphatic rings. The summed E-state index contributed by atoms with van der Waals surface area (Å²) < 4.78 is 41.5. The molecule has 1 atom stereocenters. The normalized spacial score (nSPS) is 11.8. The van der Waals surface area contributed by atoms with E-state index in [0.717, 1.165) is 52.6 Å². The van der Waals surface area contributed by atoms with Gasteiger partial charge >= 0.3 is 0 Å². The molecule has 1 aromatic heterocycles. The topological polar surface area (TPSA) is 159 Å². The Labute approximate surface area is 322 Å². The number of carbonyl (C=O) groups is 2. The Balaban J connectivity index is 1.26. The molecule has 14 heteroatoms. The van der Waals surface area contributed by atoms with Gasteiger partial charge in [0.15, 0.2) is 0 Å². The first-order chi connectivity index (χ1) is 26.4. The minimum absolute atomic E-state index is 0.0822. The number of rotatable bonds is 15. The van der Waals surface area contributed by atoms with E-state index in [1.807, 2.05) is 76.9 Å². The number of halogens is 1. The maximum absolute atomic E-state index is 14.1. The third-order valence-corrected chi connectivity index (χ3v) is 10.5. The van der Waals surface area contributed by atoms with Gasteiger partial charge in [-0.05, 0) is 71.1 Å². The molecule has 282 valence electrons. The highest BCUT2D eigenvalue weighted by atomic mass is 35.5. The lowest BCUT2D eigenvalue weighted by Gasteiger charge is -2.19. The average Bonchev–Trinajstić information content (AvgIpc) is 3.55. The summed E-state index contributed by atoms with van der Waals surface area (Å²) in [6, 6.07) is 31.6. The van der Waals surface area contributed by atoms with E-state index in [0.29, 0.717) is 29.9 Å². The van der Waals surface area contributed by atoms with Crippen LogP contribution in [0.4, 0.5) is 5.69 Å². The highest BCUT2D eigenvalue weighted by Gasteiger charge is 2.29. The van der Waals surface area contributed by atoms with Gasteiger partial charge < -0.3 is 19.4 Å². The largest absolute Gasteiger partial charge is 0.497 e.